The predicted molar refractivity (Wildman–Crippen MR) is 105 cm³/mol. The molecule has 1 N–H and O–H groups in total. The van der Waals surface area contributed by atoms with Gasteiger partial charge >= 0.3 is 6.61 Å². The third-order valence-corrected chi connectivity index (χ3v) is 5.57. The summed E-state index contributed by atoms with van der Waals surface area (Å²) in [6.07, 6.45) is 2.78. The van der Waals surface area contributed by atoms with Crippen LogP contribution in [0.25, 0.3) is 11.3 Å². The molecule has 1 aromatic carbocycles. The van der Waals surface area contributed by atoms with Crippen LogP contribution in [0.5, 0.6) is 11.5 Å². The monoisotopic (exact) mass is 406 g/mol. The van der Waals surface area contributed by atoms with E-state index in [9.17, 15) is 13.6 Å². The third-order valence-electron chi connectivity index (χ3n) is 5.57. The highest BCUT2D eigenvalue weighted by Crippen LogP contribution is 2.40. The van der Waals surface area contributed by atoms with E-state index in [0.717, 1.165) is 42.0 Å². The Morgan fingerprint density at radius 3 is 2.83 bits per heavy atom. The van der Waals surface area contributed by atoms with Crippen molar-refractivity contribution in [2.45, 2.75) is 45.4 Å². The minimum Gasteiger partial charge on any atom is -0.493 e. The van der Waals surface area contributed by atoms with Crippen LogP contribution in [0.3, 0.4) is 0 Å². The van der Waals surface area contributed by atoms with Gasteiger partial charge < -0.3 is 24.1 Å². The molecule has 0 aliphatic carbocycles. The Morgan fingerprint density at radius 2 is 2.14 bits per heavy atom. The Morgan fingerprint density at radius 1 is 1.31 bits per heavy atom. The number of nitrogens with one attached hydrogen (secondary N) is 1. The van der Waals surface area contributed by atoms with Crippen molar-refractivity contribution in [1.82, 2.24) is 4.57 Å². The molecule has 8 heteroatoms. The molecule has 1 fully saturated rings. The Kier molecular flexibility index (Phi) is 5.45. The van der Waals surface area contributed by atoms with E-state index in [-0.39, 0.29) is 23.2 Å². The van der Waals surface area contributed by atoms with Crippen molar-refractivity contribution >= 4 is 5.69 Å². The second kappa shape index (κ2) is 8.02. The van der Waals surface area contributed by atoms with Crippen molar-refractivity contribution in [2.24, 2.45) is 0 Å². The molecular formula is C21H24F2N2O4. The van der Waals surface area contributed by atoms with Crippen LogP contribution >= 0.6 is 0 Å². The van der Waals surface area contributed by atoms with E-state index in [4.69, 9.17) is 9.47 Å². The number of nitrogens with zero attached hydrogens (tertiary/aromatic N) is 1. The number of aryl methyl sites for hydroxylation is 1. The van der Waals surface area contributed by atoms with Crippen molar-refractivity contribution in [3.63, 3.8) is 0 Å². The van der Waals surface area contributed by atoms with Gasteiger partial charge in [-0.2, -0.15) is 8.78 Å². The molecule has 1 unspecified atom stereocenters. The Hall–Kier alpha value is -2.61. The van der Waals surface area contributed by atoms with Crippen LogP contribution in [-0.2, 0) is 17.7 Å². The van der Waals surface area contributed by atoms with Crippen molar-refractivity contribution in [3.8, 4) is 22.8 Å². The van der Waals surface area contributed by atoms with Crippen LogP contribution in [0, 0.1) is 6.92 Å². The lowest BCUT2D eigenvalue weighted by molar-refractivity contribution is -0.0511. The Labute approximate surface area is 167 Å². The summed E-state index contributed by atoms with van der Waals surface area (Å²) in [7, 11) is 1.42. The summed E-state index contributed by atoms with van der Waals surface area (Å²) in [5, 5.41) is 3.33. The van der Waals surface area contributed by atoms with Gasteiger partial charge in [-0.15, -0.1) is 0 Å². The van der Waals surface area contributed by atoms with Gasteiger partial charge in [-0.1, -0.05) is 0 Å². The van der Waals surface area contributed by atoms with Crippen LogP contribution in [0.1, 0.15) is 24.0 Å². The van der Waals surface area contributed by atoms with Gasteiger partial charge in [-0.25, -0.2) is 0 Å². The lowest BCUT2D eigenvalue weighted by atomic mass is 9.93. The van der Waals surface area contributed by atoms with E-state index in [2.05, 4.69) is 10.1 Å². The molecule has 1 atom stereocenters. The molecule has 6 nitrogen and oxygen atoms in total. The van der Waals surface area contributed by atoms with Crippen LogP contribution < -0.4 is 20.3 Å². The lowest BCUT2D eigenvalue weighted by Gasteiger charge is -2.26. The maximum absolute atomic E-state index is 12.9. The largest absolute Gasteiger partial charge is 0.493 e. The van der Waals surface area contributed by atoms with E-state index in [1.54, 1.807) is 22.8 Å². The van der Waals surface area contributed by atoms with Crippen molar-refractivity contribution in [1.29, 1.82) is 0 Å². The molecule has 1 aromatic heterocycles. The number of halogens is 2. The molecule has 29 heavy (non-hydrogen) atoms. The number of hydrogen-bond acceptors (Lipinski definition) is 5. The van der Waals surface area contributed by atoms with Gasteiger partial charge in [0, 0.05) is 37.0 Å². The highest BCUT2D eigenvalue weighted by atomic mass is 19.3. The lowest BCUT2D eigenvalue weighted by Crippen LogP contribution is -2.28. The summed E-state index contributed by atoms with van der Waals surface area (Å²) in [6, 6.07) is 4.85. The maximum atomic E-state index is 12.9. The highest BCUT2D eigenvalue weighted by Gasteiger charge is 2.25. The number of benzene rings is 1. The number of fused-ring (bicyclic) bond motifs is 3. The molecule has 0 saturated carbocycles. The van der Waals surface area contributed by atoms with Crippen LogP contribution in [0.15, 0.2) is 23.0 Å². The zero-order valence-electron chi connectivity index (χ0n) is 16.5. The Bertz CT molecular complexity index is 968. The second-order valence-corrected chi connectivity index (χ2v) is 7.33. The smallest absolute Gasteiger partial charge is 0.387 e. The summed E-state index contributed by atoms with van der Waals surface area (Å²) in [4.78, 5) is 12.7. The number of hydrogen-bond donors (Lipinski definition) is 1. The van der Waals surface area contributed by atoms with Crippen molar-refractivity contribution < 1.29 is 23.0 Å². The zero-order valence-corrected chi connectivity index (χ0v) is 16.5. The molecule has 4 rings (SSSR count). The summed E-state index contributed by atoms with van der Waals surface area (Å²) in [5.41, 5.74) is 3.85. The van der Waals surface area contributed by atoms with Gasteiger partial charge in [0.15, 0.2) is 11.5 Å². The number of methoxy groups -OCH3 is 1. The number of aromatic nitrogens is 1. The third kappa shape index (κ3) is 3.81. The first-order valence-electron chi connectivity index (χ1n) is 9.74. The fraction of sp³-hybridized carbons (Fsp3) is 0.476. The molecular weight excluding hydrogens is 382 g/mol. The molecule has 2 aromatic rings. The first-order chi connectivity index (χ1) is 14.0. The first-order valence-corrected chi connectivity index (χ1v) is 9.74. The molecule has 2 aliphatic rings. The van der Waals surface area contributed by atoms with E-state index >= 15 is 0 Å². The van der Waals surface area contributed by atoms with Gasteiger partial charge in [0.05, 0.1) is 18.9 Å². The molecule has 3 heterocycles. The minimum absolute atomic E-state index is 0.0423. The zero-order chi connectivity index (χ0) is 20.5. The molecule has 2 aliphatic heterocycles. The highest BCUT2D eigenvalue weighted by molar-refractivity contribution is 5.76. The molecule has 0 amide bonds. The molecule has 0 radical (unpaired) electrons. The van der Waals surface area contributed by atoms with Crippen molar-refractivity contribution in [2.75, 3.05) is 25.6 Å². The number of anilines is 1. The summed E-state index contributed by atoms with van der Waals surface area (Å²) in [6.45, 7) is 0.870. The van der Waals surface area contributed by atoms with E-state index in [0.29, 0.717) is 25.1 Å². The number of ether oxygens (including phenoxy) is 3. The van der Waals surface area contributed by atoms with Crippen LogP contribution in [0.2, 0.25) is 0 Å². The van der Waals surface area contributed by atoms with E-state index < -0.39 is 6.61 Å². The average Bonchev–Trinajstić information content (AvgIpc) is 3.21. The normalized spacial score (nSPS) is 17.8. The van der Waals surface area contributed by atoms with Crippen molar-refractivity contribution in [3.05, 3.63) is 39.7 Å². The number of rotatable bonds is 6. The SMILES string of the molecule is COc1cc2c(cc1OC(F)F)-c1c(C)c(NCC3CCCO3)cc(=O)n1CC2. The maximum Gasteiger partial charge on any atom is 0.387 e. The van der Waals surface area contributed by atoms with E-state index in [1.165, 1.54) is 7.11 Å². The average molecular weight is 406 g/mol. The standard InChI is InChI=1S/C21H24F2N2O4/c1-12-16(24-11-14-4-3-7-28-14)10-19(26)25-6-5-13-8-17(27-2)18(29-21(22)23)9-15(13)20(12)25/h8-10,14,21,24H,3-7,11H2,1-2H3. The Balaban J connectivity index is 1.77. The second-order valence-electron chi connectivity index (χ2n) is 7.33. The quantitative estimate of drug-likeness (QED) is 0.795. The van der Waals surface area contributed by atoms with Gasteiger partial charge in [0.25, 0.3) is 5.56 Å². The molecule has 1 saturated heterocycles. The van der Waals surface area contributed by atoms with Gasteiger partial charge in [-0.05, 0) is 49.4 Å². The minimum atomic E-state index is -2.96. The van der Waals surface area contributed by atoms with Crippen LogP contribution in [-0.4, -0.2) is 37.5 Å². The molecule has 0 bridgehead atoms. The van der Waals surface area contributed by atoms with Gasteiger partial charge in [0.1, 0.15) is 0 Å². The first kappa shape index (κ1) is 19.7. The van der Waals surface area contributed by atoms with Gasteiger partial charge in [0.2, 0.25) is 0 Å². The molecule has 156 valence electrons. The number of alkyl halides is 2. The summed E-state index contributed by atoms with van der Waals surface area (Å²) in [5.74, 6) is 0.212. The summed E-state index contributed by atoms with van der Waals surface area (Å²) >= 11 is 0. The predicted octanol–water partition coefficient (Wildman–Crippen LogP) is 3.58. The van der Waals surface area contributed by atoms with Gasteiger partial charge in [-0.3, -0.25) is 4.79 Å². The topological polar surface area (TPSA) is 61.7 Å². The number of pyridine rings is 1. The summed E-state index contributed by atoms with van der Waals surface area (Å²) < 4.78 is 42.9. The molecule has 0 spiro atoms. The van der Waals surface area contributed by atoms with E-state index in [1.807, 2.05) is 6.92 Å². The van der Waals surface area contributed by atoms with Crippen LogP contribution in [0.4, 0.5) is 14.5 Å². The fourth-order valence-electron chi connectivity index (χ4n) is 4.14. The fourth-order valence-corrected chi connectivity index (χ4v) is 4.14.